The van der Waals surface area contributed by atoms with E-state index in [1.807, 2.05) is 0 Å². The zero-order valence-corrected chi connectivity index (χ0v) is 14.2. The van der Waals surface area contributed by atoms with Crippen molar-refractivity contribution in [3.05, 3.63) is 46.5 Å². The third kappa shape index (κ3) is 3.20. The molecule has 2 heterocycles. The Labute approximate surface area is 143 Å². The lowest BCUT2D eigenvalue weighted by atomic mass is 10.3. The first-order chi connectivity index (χ1) is 11.8. The van der Waals surface area contributed by atoms with Crippen molar-refractivity contribution >= 4 is 21.7 Å². The van der Waals surface area contributed by atoms with Crippen LogP contribution in [0.1, 0.15) is 0 Å². The van der Waals surface area contributed by atoms with Crippen LogP contribution in [0.2, 0.25) is 0 Å². The molecule has 0 bridgehead atoms. The Bertz CT molecular complexity index is 906. The number of halogens is 1. The molecule has 1 aliphatic heterocycles. The Balaban J connectivity index is 1.78. The standard InChI is InChI=1S/C14H16FN5O4S/c1-17-10-16-13(20(21)22)14(17)18-5-7-19(8-6-18)25(23,24)12-4-2-3-11(15)9-12/h2-4,9-10H,5-8H2,1H3. The molecule has 134 valence electrons. The number of rotatable bonds is 4. The van der Waals surface area contributed by atoms with Crippen molar-refractivity contribution in [2.75, 3.05) is 31.1 Å². The van der Waals surface area contributed by atoms with E-state index in [9.17, 15) is 22.9 Å². The van der Waals surface area contributed by atoms with E-state index in [1.54, 1.807) is 11.9 Å². The molecule has 1 aromatic carbocycles. The van der Waals surface area contributed by atoms with Gasteiger partial charge in [0.25, 0.3) is 0 Å². The molecule has 2 aromatic rings. The van der Waals surface area contributed by atoms with Gasteiger partial charge in [-0.1, -0.05) is 6.07 Å². The lowest BCUT2D eigenvalue weighted by Crippen LogP contribution is -2.49. The third-order valence-electron chi connectivity index (χ3n) is 4.03. The monoisotopic (exact) mass is 369 g/mol. The Morgan fingerprint density at radius 1 is 1.24 bits per heavy atom. The molecule has 25 heavy (non-hydrogen) atoms. The van der Waals surface area contributed by atoms with E-state index in [-0.39, 0.29) is 36.9 Å². The summed E-state index contributed by atoms with van der Waals surface area (Å²) in [6, 6.07) is 4.85. The van der Waals surface area contributed by atoms with Gasteiger partial charge in [0.15, 0.2) is 0 Å². The van der Waals surface area contributed by atoms with E-state index in [2.05, 4.69) is 4.98 Å². The lowest BCUT2D eigenvalue weighted by molar-refractivity contribution is -0.388. The minimum absolute atomic E-state index is 0.104. The fourth-order valence-corrected chi connectivity index (χ4v) is 4.28. The summed E-state index contributed by atoms with van der Waals surface area (Å²) in [5.74, 6) is -0.540. The Morgan fingerprint density at radius 2 is 1.92 bits per heavy atom. The first-order valence-corrected chi connectivity index (χ1v) is 8.91. The van der Waals surface area contributed by atoms with Crippen LogP contribution in [0.25, 0.3) is 0 Å². The van der Waals surface area contributed by atoms with Gasteiger partial charge < -0.3 is 15.0 Å². The average molecular weight is 369 g/mol. The molecule has 0 aliphatic carbocycles. The lowest BCUT2D eigenvalue weighted by Gasteiger charge is -2.34. The highest BCUT2D eigenvalue weighted by atomic mass is 32.2. The Hall–Kier alpha value is -2.53. The van der Waals surface area contributed by atoms with Crippen molar-refractivity contribution in [1.82, 2.24) is 13.9 Å². The van der Waals surface area contributed by atoms with Crippen LogP contribution < -0.4 is 4.90 Å². The molecule has 1 aliphatic rings. The minimum Gasteiger partial charge on any atom is -0.358 e. The van der Waals surface area contributed by atoms with Gasteiger partial charge in [-0.05, 0) is 28.1 Å². The van der Waals surface area contributed by atoms with Crippen molar-refractivity contribution in [3.8, 4) is 0 Å². The van der Waals surface area contributed by atoms with Crippen molar-refractivity contribution < 1.29 is 17.7 Å². The topological polar surface area (TPSA) is 102 Å². The number of nitro groups is 1. The summed E-state index contributed by atoms with van der Waals surface area (Å²) in [5, 5.41) is 11.1. The van der Waals surface area contributed by atoms with E-state index < -0.39 is 20.8 Å². The van der Waals surface area contributed by atoms with E-state index in [0.29, 0.717) is 5.82 Å². The minimum atomic E-state index is -3.80. The van der Waals surface area contributed by atoms with Crippen LogP contribution in [-0.4, -0.2) is 53.4 Å². The van der Waals surface area contributed by atoms with Crippen LogP contribution >= 0.6 is 0 Å². The number of sulfonamides is 1. The second-order valence-electron chi connectivity index (χ2n) is 5.61. The van der Waals surface area contributed by atoms with Crippen molar-refractivity contribution in [2.24, 2.45) is 7.05 Å². The maximum atomic E-state index is 13.3. The molecule has 1 aromatic heterocycles. The van der Waals surface area contributed by atoms with Gasteiger partial charge in [-0.2, -0.15) is 4.31 Å². The molecule has 3 rings (SSSR count). The van der Waals surface area contributed by atoms with E-state index >= 15 is 0 Å². The summed E-state index contributed by atoms with van der Waals surface area (Å²) in [5.41, 5.74) is 0. The van der Waals surface area contributed by atoms with Gasteiger partial charge in [0.1, 0.15) is 5.82 Å². The largest absolute Gasteiger partial charge is 0.406 e. The quantitative estimate of drug-likeness (QED) is 0.588. The number of hydrogen-bond donors (Lipinski definition) is 0. The molecule has 0 amide bonds. The number of piperazine rings is 1. The molecule has 11 heteroatoms. The smallest absolute Gasteiger partial charge is 0.358 e. The van der Waals surface area contributed by atoms with Crippen LogP contribution in [0.4, 0.5) is 16.0 Å². The summed E-state index contributed by atoms with van der Waals surface area (Å²) in [6.07, 6.45) is 1.35. The SMILES string of the molecule is Cn1cnc([N+](=O)[O-])c1N1CCN(S(=O)(=O)c2cccc(F)c2)CC1. The fourth-order valence-electron chi connectivity index (χ4n) is 2.82. The van der Waals surface area contributed by atoms with Crippen LogP contribution in [0, 0.1) is 15.9 Å². The average Bonchev–Trinajstić information content (AvgIpc) is 2.97. The fraction of sp³-hybridized carbons (Fsp3) is 0.357. The zero-order chi connectivity index (χ0) is 18.2. The normalized spacial score (nSPS) is 16.2. The highest BCUT2D eigenvalue weighted by molar-refractivity contribution is 7.89. The number of nitrogens with zero attached hydrogens (tertiary/aromatic N) is 5. The number of imidazole rings is 1. The first kappa shape index (κ1) is 17.3. The zero-order valence-electron chi connectivity index (χ0n) is 13.4. The molecule has 1 saturated heterocycles. The summed E-state index contributed by atoms with van der Waals surface area (Å²) < 4.78 is 41.3. The van der Waals surface area contributed by atoms with Crippen molar-refractivity contribution in [1.29, 1.82) is 0 Å². The molecule has 1 fully saturated rings. The van der Waals surface area contributed by atoms with Gasteiger partial charge in [0.2, 0.25) is 22.2 Å². The van der Waals surface area contributed by atoms with Crippen LogP contribution in [-0.2, 0) is 17.1 Å². The first-order valence-electron chi connectivity index (χ1n) is 7.47. The summed E-state index contributed by atoms with van der Waals surface area (Å²) in [4.78, 5) is 15.9. The highest BCUT2D eigenvalue weighted by Gasteiger charge is 2.33. The number of anilines is 1. The van der Waals surface area contributed by atoms with Gasteiger partial charge in [-0.3, -0.25) is 4.57 Å². The summed E-state index contributed by atoms with van der Waals surface area (Å²) in [6.45, 7) is 0.826. The van der Waals surface area contributed by atoms with Gasteiger partial charge in [0.05, 0.1) is 4.90 Å². The molecule has 0 spiro atoms. The van der Waals surface area contributed by atoms with E-state index in [1.165, 1.54) is 33.4 Å². The van der Waals surface area contributed by atoms with E-state index in [0.717, 1.165) is 6.07 Å². The van der Waals surface area contributed by atoms with Gasteiger partial charge in [-0.15, -0.1) is 0 Å². The molecule has 0 saturated carbocycles. The molecular weight excluding hydrogens is 353 g/mol. The Morgan fingerprint density at radius 3 is 2.52 bits per heavy atom. The predicted octanol–water partition coefficient (Wildman–Crippen LogP) is 0.978. The maximum absolute atomic E-state index is 13.3. The van der Waals surface area contributed by atoms with Gasteiger partial charge in [0, 0.05) is 33.2 Å². The maximum Gasteiger partial charge on any atom is 0.406 e. The van der Waals surface area contributed by atoms with Crippen molar-refractivity contribution in [2.45, 2.75) is 4.90 Å². The summed E-state index contributed by atoms with van der Waals surface area (Å²) >= 11 is 0. The van der Waals surface area contributed by atoms with Crippen LogP contribution in [0.3, 0.4) is 0 Å². The van der Waals surface area contributed by atoms with Gasteiger partial charge >= 0.3 is 5.82 Å². The van der Waals surface area contributed by atoms with Crippen molar-refractivity contribution in [3.63, 3.8) is 0 Å². The summed E-state index contributed by atoms with van der Waals surface area (Å²) in [7, 11) is -2.16. The number of aromatic nitrogens is 2. The Kier molecular flexibility index (Phi) is 4.43. The number of aryl methyl sites for hydroxylation is 1. The van der Waals surface area contributed by atoms with Gasteiger partial charge in [-0.25, -0.2) is 12.8 Å². The second-order valence-corrected chi connectivity index (χ2v) is 7.55. The number of hydrogen-bond acceptors (Lipinski definition) is 6. The van der Waals surface area contributed by atoms with Crippen LogP contribution in [0.5, 0.6) is 0 Å². The predicted molar refractivity (Wildman–Crippen MR) is 87.2 cm³/mol. The third-order valence-corrected chi connectivity index (χ3v) is 5.93. The van der Waals surface area contributed by atoms with Crippen LogP contribution in [0.15, 0.2) is 35.5 Å². The molecule has 0 radical (unpaired) electrons. The molecular formula is C14H16FN5O4S. The molecule has 0 atom stereocenters. The highest BCUT2D eigenvalue weighted by Crippen LogP contribution is 2.28. The molecule has 0 N–H and O–H groups in total. The van der Waals surface area contributed by atoms with E-state index in [4.69, 9.17) is 0 Å². The molecule has 0 unspecified atom stereocenters. The second kappa shape index (κ2) is 6.41. The molecule has 9 nitrogen and oxygen atoms in total. The number of benzene rings is 1.